The summed E-state index contributed by atoms with van der Waals surface area (Å²) in [6.45, 7) is 2.82. The van der Waals surface area contributed by atoms with Gasteiger partial charge in [-0.05, 0) is 19.0 Å². The third kappa shape index (κ3) is 1.81. The summed E-state index contributed by atoms with van der Waals surface area (Å²) in [7, 11) is 2.07. The van der Waals surface area contributed by atoms with Crippen LogP contribution in [0, 0.1) is 5.92 Å². The minimum Gasteiger partial charge on any atom is -0.323 e. The second-order valence-electron chi connectivity index (χ2n) is 5.75. The average Bonchev–Trinajstić information content (AvgIpc) is 2.72. The summed E-state index contributed by atoms with van der Waals surface area (Å²) in [6, 6.07) is 9.88. The van der Waals surface area contributed by atoms with E-state index in [2.05, 4.69) is 34.7 Å². The molecule has 0 unspecified atom stereocenters. The number of piperidine rings is 1. The van der Waals surface area contributed by atoms with Crippen molar-refractivity contribution >= 4 is 11.9 Å². The van der Waals surface area contributed by atoms with Crippen LogP contribution in [0.15, 0.2) is 30.3 Å². The molecule has 3 rings (SSSR count). The van der Waals surface area contributed by atoms with Crippen molar-refractivity contribution in [1.29, 1.82) is 0 Å². The number of amides is 3. The third-order valence-corrected chi connectivity index (χ3v) is 4.69. The highest BCUT2D eigenvalue weighted by Gasteiger charge is 2.55. The molecule has 0 radical (unpaired) electrons. The van der Waals surface area contributed by atoms with Gasteiger partial charge in [0.1, 0.15) is 5.54 Å². The molecule has 3 amide bonds. The van der Waals surface area contributed by atoms with E-state index in [-0.39, 0.29) is 23.9 Å². The van der Waals surface area contributed by atoms with Gasteiger partial charge < -0.3 is 5.32 Å². The molecule has 1 spiro atoms. The van der Waals surface area contributed by atoms with Gasteiger partial charge in [-0.3, -0.25) is 15.0 Å². The number of rotatable bonds is 1. The molecule has 2 heterocycles. The minimum atomic E-state index is -0.774. The van der Waals surface area contributed by atoms with E-state index < -0.39 is 5.54 Å². The molecule has 2 N–H and O–H groups in total. The number of imide groups is 1. The Morgan fingerprint density at radius 2 is 1.95 bits per heavy atom. The summed E-state index contributed by atoms with van der Waals surface area (Å²) in [5.41, 5.74) is 0.403. The van der Waals surface area contributed by atoms with E-state index in [9.17, 15) is 9.59 Å². The molecule has 0 saturated carbocycles. The van der Waals surface area contributed by atoms with Crippen molar-refractivity contribution in [3.63, 3.8) is 0 Å². The first-order chi connectivity index (χ1) is 9.54. The monoisotopic (exact) mass is 273 g/mol. The van der Waals surface area contributed by atoms with Gasteiger partial charge in [0, 0.05) is 18.5 Å². The number of nitrogens with one attached hydrogen (secondary N) is 2. The van der Waals surface area contributed by atoms with E-state index in [1.165, 1.54) is 5.56 Å². The Morgan fingerprint density at radius 1 is 1.25 bits per heavy atom. The standard InChI is InChI=1S/C15H19N3O2/c1-10-12(11-6-4-3-5-7-11)18(2)9-8-15(10)13(19)16-14(20)17-15/h3-7,10,12H,8-9H2,1-2H3,(H2,16,17,19,20)/t10-,12-,15+/m1/s1. The van der Waals surface area contributed by atoms with Gasteiger partial charge in [0.2, 0.25) is 0 Å². The molecule has 0 bridgehead atoms. The number of likely N-dealkylation sites (tertiary alicyclic amines) is 1. The maximum atomic E-state index is 12.2. The fourth-order valence-corrected chi connectivity index (χ4v) is 3.57. The lowest BCUT2D eigenvalue weighted by atomic mass is 9.72. The summed E-state index contributed by atoms with van der Waals surface area (Å²) in [4.78, 5) is 26.0. The van der Waals surface area contributed by atoms with Gasteiger partial charge in [0.05, 0.1) is 0 Å². The van der Waals surface area contributed by atoms with Crippen LogP contribution in [0.5, 0.6) is 0 Å². The number of nitrogens with zero attached hydrogens (tertiary/aromatic N) is 1. The predicted molar refractivity (Wildman–Crippen MR) is 75.0 cm³/mol. The number of urea groups is 1. The number of hydrogen-bond acceptors (Lipinski definition) is 3. The first-order valence-corrected chi connectivity index (χ1v) is 6.93. The number of hydrogen-bond donors (Lipinski definition) is 2. The second-order valence-corrected chi connectivity index (χ2v) is 5.75. The summed E-state index contributed by atoms with van der Waals surface area (Å²) < 4.78 is 0. The van der Waals surface area contributed by atoms with Crippen molar-refractivity contribution in [1.82, 2.24) is 15.5 Å². The van der Waals surface area contributed by atoms with Crippen LogP contribution in [-0.2, 0) is 4.79 Å². The summed E-state index contributed by atoms with van der Waals surface area (Å²) >= 11 is 0. The fourth-order valence-electron chi connectivity index (χ4n) is 3.57. The molecule has 1 aromatic carbocycles. The molecule has 0 aromatic heterocycles. The van der Waals surface area contributed by atoms with Crippen LogP contribution in [0.25, 0.3) is 0 Å². The van der Waals surface area contributed by atoms with Crippen LogP contribution in [-0.4, -0.2) is 36.0 Å². The van der Waals surface area contributed by atoms with Crippen LogP contribution in [0.1, 0.15) is 24.9 Å². The van der Waals surface area contributed by atoms with Crippen molar-refractivity contribution in [2.75, 3.05) is 13.6 Å². The predicted octanol–water partition coefficient (Wildman–Crippen LogP) is 1.28. The van der Waals surface area contributed by atoms with Crippen molar-refractivity contribution in [2.45, 2.75) is 24.9 Å². The molecule has 1 aromatic rings. The SMILES string of the molecule is C[C@@H]1[C@H](c2ccccc2)N(C)CC[C@]12NC(=O)NC2=O. The van der Waals surface area contributed by atoms with Gasteiger partial charge in [-0.15, -0.1) is 0 Å². The maximum absolute atomic E-state index is 12.2. The van der Waals surface area contributed by atoms with E-state index in [0.717, 1.165) is 6.54 Å². The third-order valence-electron chi connectivity index (χ3n) is 4.69. The summed E-state index contributed by atoms with van der Waals surface area (Å²) in [5, 5.41) is 5.25. The first-order valence-electron chi connectivity index (χ1n) is 6.93. The number of carbonyl (C=O) groups is 2. The van der Waals surface area contributed by atoms with Crippen LogP contribution < -0.4 is 10.6 Å². The molecule has 0 aliphatic carbocycles. The van der Waals surface area contributed by atoms with Crippen molar-refractivity contribution in [3.05, 3.63) is 35.9 Å². The quantitative estimate of drug-likeness (QED) is 0.758. The zero-order chi connectivity index (χ0) is 14.3. The largest absolute Gasteiger partial charge is 0.323 e. The average molecular weight is 273 g/mol. The smallest absolute Gasteiger partial charge is 0.322 e. The van der Waals surface area contributed by atoms with Gasteiger partial charge in [-0.2, -0.15) is 0 Å². The molecule has 2 saturated heterocycles. The van der Waals surface area contributed by atoms with Crippen LogP contribution in [0.4, 0.5) is 4.79 Å². The lowest BCUT2D eigenvalue weighted by Crippen LogP contribution is -2.60. The Balaban J connectivity index is 1.99. The molecule has 3 atom stereocenters. The van der Waals surface area contributed by atoms with E-state index in [4.69, 9.17) is 0 Å². The fraction of sp³-hybridized carbons (Fsp3) is 0.467. The van der Waals surface area contributed by atoms with E-state index in [1.807, 2.05) is 25.1 Å². The second kappa shape index (κ2) is 4.59. The summed E-state index contributed by atoms with van der Waals surface area (Å²) in [5.74, 6) is -0.181. The summed E-state index contributed by atoms with van der Waals surface area (Å²) in [6.07, 6.45) is 0.644. The van der Waals surface area contributed by atoms with Gasteiger partial charge in [0.25, 0.3) is 5.91 Å². The van der Waals surface area contributed by atoms with E-state index >= 15 is 0 Å². The Labute approximate surface area is 118 Å². The topological polar surface area (TPSA) is 61.4 Å². The Kier molecular flexibility index (Phi) is 3.01. The molecule has 2 aliphatic rings. The van der Waals surface area contributed by atoms with Crippen molar-refractivity contribution in [3.8, 4) is 0 Å². The Morgan fingerprint density at radius 3 is 2.55 bits per heavy atom. The molecule has 106 valence electrons. The normalized spacial score (nSPS) is 34.1. The van der Waals surface area contributed by atoms with Crippen LogP contribution in [0.3, 0.4) is 0 Å². The minimum absolute atomic E-state index is 0.00935. The molecule has 20 heavy (non-hydrogen) atoms. The van der Waals surface area contributed by atoms with Gasteiger partial charge in [-0.25, -0.2) is 4.79 Å². The van der Waals surface area contributed by atoms with Crippen molar-refractivity contribution < 1.29 is 9.59 Å². The van der Waals surface area contributed by atoms with E-state index in [0.29, 0.717) is 6.42 Å². The highest BCUT2D eigenvalue weighted by atomic mass is 16.2. The van der Waals surface area contributed by atoms with Crippen LogP contribution >= 0.6 is 0 Å². The Bertz CT molecular complexity index is 545. The first kappa shape index (κ1) is 13.1. The lowest BCUT2D eigenvalue weighted by molar-refractivity contribution is -0.129. The number of benzene rings is 1. The molecular formula is C15H19N3O2. The zero-order valence-corrected chi connectivity index (χ0v) is 11.7. The Hall–Kier alpha value is -1.88. The molecule has 2 aliphatic heterocycles. The zero-order valence-electron chi connectivity index (χ0n) is 11.7. The lowest BCUT2D eigenvalue weighted by Gasteiger charge is -2.47. The van der Waals surface area contributed by atoms with E-state index in [1.54, 1.807) is 0 Å². The molecule has 5 nitrogen and oxygen atoms in total. The maximum Gasteiger partial charge on any atom is 0.322 e. The molecule has 2 fully saturated rings. The van der Waals surface area contributed by atoms with Gasteiger partial charge >= 0.3 is 6.03 Å². The molecular weight excluding hydrogens is 254 g/mol. The van der Waals surface area contributed by atoms with Gasteiger partial charge in [-0.1, -0.05) is 37.3 Å². The highest BCUT2D eigenvalue weighted by Crippen LogP contribution is 2.42. The number of carbonyl (C=O) groups excluding carboxylic acids is 2. The van der Waals surface area contributed by atoms with Crippen LogP contribution in [0.2, 0.25) is 0 Å². The molecule has 5 heteroatoms. The van der Waals surface area contributed by atoms with Crippen molar-refractivity contribution in [2.24, 2.45) is 5.92 Å². The van der Waals surface area contributed by atoms with Gasteiger partial charge in [0.15, 0.2) is 0 Å². The highest BCUT2D eigenvalue weighted by molar-refractivity contribution is 6.07.